The van der Waals surface area contributed by atoms with E-state index in [0.717, 1.165) is 11.9 Å². The van der Waals surface area contributed by atoms with Crippen molar-refractivity contribution in [3.63, 3.8) is 0 Å². The number of carbonyl (C=O) groups is 1. The highest BCUT2D eigenvalue weighted by atomic mass is 19.1. The number of nitrogens with zero attached hydrogens (tertiary/aromatic N) is 1. The zero-order valence-corrected chi connectivity index (χ0v) is 14.2. The minimum Gasteiger partial charge on any atom is -0.484 e. The molecule has 26 heavy (non-hydrogen) atoms. The third-order valence-corrected chi connectivity index (χ3v) is 4.66. The maximum atomic E-state index is 13.1. The Morgan fingerprint density at radius 3 is 2.88 bits per heavy atom. The first-order valence-corrected chi connectivity index (χ1v) is 8.62. The van der Waals surface area contributed by atoms with Crippen molar-refractivity contribution < 1.29 is 13.9 Å². The van der Waals surface area contributed by atoms with Crippen LogP contribution in [0.5, 0.6) is 5.75 Å². The van der Waals surface area contributed by atoms with Gasteiger partial charge in [0, 0.05) is 41.8 Å². The van der Waals surface area contributed by atoms with Crippen molar-refractivity contribution in [2.75, 3.05) is 19.7 Å². The lowest BCUT2D eigenvalue weighted by Crippen LogP contribution is -2.37. The number of fused-ring (bicyclic) bond motifs is 1. The Balaban J connectivity index is 1.40. The average molecular weight is 350 g/mol. The number of aromatic amines is 1. The number of H-pyrrole nitrogens is 1. The number of benzene rings is 2. The minimum atomic E-state index is -0.376. The summed E-state index contributed by atoms with van der Waals surface area (Å²) in [5.74, 6) is -0.104. The number of carbonyl (C=O) groups excluding carboxylic acids is 1. The van der Waals surface area contributed by atoms with Gasteiger partial charge in [0.25, 0.3) is 5.91 Å². The van der Waals surface area contributed by atoms with Crippen LogP contribution in [0.1, 0.15) is 12.0 Å². The van der Waals surface area contributed by atoms with E-state index in [1.165, 1.54) is 28.7 Å². The van der Waals surface area contributed by atoms with Crippen LogP contribution in [0.4, 0.5) is 4.39 Å². The van der Waals surface area contributed by atoms with E-state index in [-0.39, 0.29) is 18.3 Å². The van der Waals surface area contributed by atoms with Crippen LogP contribution in [0.3, 0.4) is 0 Å². The van der Waals surface area contributed by atoms with E-state index < -0.39 is 0 Å². The molecule has 0 fully saturated rings. The number of halogens is 1. The van der Waals surface area contributed by atoms with E-state index in [2.05, 4.69) is 23.2 Å². The zero-order chi connectivity index (χ0) is 17.9. The molecule has 1 aliphatic rings. The molecule has 1 aromatic heterocycles. The Labute approximate surface area is 150 Å². The maximum absolute atomic E-state index is 13.1. The molecule has 4 nitrogen and oxygen atoms in total. The highest BCUT2D eigenvalue weighted by Gasteiger charge is 2.19. The maximum Gasteiger partial charge on any atom is 0.260 e. The molecule has 0 radical (unpaired) electrons. The number of ether oxygens (including phenoxy) is 1. The molecule has 5 heteroatoms. The van der Waals surface area contributed by atoms with Crippen LogP contribution in [-0.2, 0) is 4.79 Å². The van der Waals surface area contributed by atoms with Gasteiger partial charge in [0.15, 0.2) is 6.61 Å². The molecule has 0 unspecified atom stereocenters. The molecule has 0 saturated carbocycles. The molecule has 1 aliphatic heterocycles. The van der Waals surface area contributed by atoms with E-state index in [0.29, 0.717) is 18.8 Å². The summed E-state index contributed by atoms with van der Waals surface area (Å²) in [5.41, 5.74) is 3.56. The predicted octanol–water partition coefficient (Wildman–Crippen LogP) is 4.00. The lowest BCUT2D eigenvalue weighted by Gasteiger charge is -2.26. The van der Waals surface area contributed by atoms with Crippen LogP contribution in [0.2, 0.25) is 0 Å². The molecular weight excluding hydrogens is 331 g/mol. The summed E-state index contributed by atoms with van der Waals surface area (Å²) in [7, 11) is 0. The second kappa shape index (κ2) is 7.04. The Hall–Kier alpha value is -3.08. The fourth-order valence-corrected chi connectivity index (χ4v) is 3.27. The summed E-state index contributed by atoms with van der Waals surface area (Å²) in [6.07, 6.45) is 4.92. The molecule has 0 saturated heterocycles. The van der Waals surface area contributed by atoms with Gasteiger partial charge in [0.1, 0.15) is 11.6 Å². The summed E-state index contributed by atoms with van der Waals surface area (Å²) in [4.78, 5) is 17.4. The first-order chi connectivity index (χ1) is 12.7. The quantitative estimate of drug-likeness (QED) is 0.773. The minimum absolute atomic E-state index is 0.0836. The van der Waals surface area contributed by atoms with Crippen molar-refractivity contribution in [3.8, 4) is 5.75 Å². The number of amides is 1. The Morgan fingerprint density at radius 1 is 1.19 bits per heavy atom. The SMILES string of the molecule is O=C(COc1cccc(F)c1)N1CC=C(c2c[nH]c3ccccc23)CC1. The van der Waals surface area contributed by atoms with Crippen LogP contribution in [-0.4, -0.2) is 35.5 Å². The number of hydrogen-bond donors (Lipinski definition) is 1. The van der Waals surface area contributed by atoms with Crippen LogP contribution in [0.15, 0.2) is 60.8 Å². The molecule has 0 spiro atoms. The highest BCUT2D eigenvalue weighted by Crippen LogP contribution is 2.29. The van der Waals surface area contributed by atoms with Gasteiger partial charge in [-0.2, -0.15) is 0 Å². The molecule has 2 aromatic carbocycles. The number of hydrogen-bond acceptors (Lipinski definition) is 2. The summed E-state index contributed by atoms with van der Waals surface area (Å²) >= 11 is 0. The topological polar surface area (TPSA) is 45.3 Å². The van der Waals surface area contributed by atoms with E-state index >= 15 is 0 Å². The molecule has 0 atom stereocenters. The lowest BCUT2D eigenvalue weighted by atomic mass is 9.99. The van der Waals surface area contributed by atoms with Gasteiger partial charge in [0.05, 0.1) is 0 Å². The second-order valence-electron chi connectivity index (χ2n) is 6.31. The number of rotatable bonds is 4. The molecule has 0 bridgehead atoms. The molecule has 4 rings (SSSR count). The first-order valence-electron chi connectivity index (χ1n) is 8.62. The molecule has 1 amide bonds. The normalized spacial score (nSPS) is 14.3. The van der Waals surface area contributed by atoms with Crippen molar-refractivity contribution in [1.29, 1.82) is 0 Å². The molecule has 3 aromatic rings. The summed E-state index contributed by atoms with van der Waals surface area (Å²) in [5, 5.41) is 1.20. The predicted molar refractivity (Wildman–Crippen MR) is 99.4 cm³/mol. The summed E-state index contributed by atoms with van der Waals surface area (Å²) in [6.45, 7) is 1.12. The molecule has 132 valence electrons. The van der Waals surface area contributed by atoms with Crippen molar-refractivity contribution in [2.24, 2.45) is 0 Å². The molecular formula is C21H19FN2O2. The van der Waals surface area contributed by atoms with Crippen molar-refractivity contribution in [3.05, 3.63) is 72.2 Å². The molecule has 0 aliphatic carbocycles. The van der Waals surface area contributed by atoms with Gasteiger partial charge in [-0.05, 0) is 30.2 Å². The standard InChI is InChI=1S/C21H19FN2O2/c22-16-4-3-5-17(12-16)26-14-21(25)24-10-8-15(9-11-24)19-13-23-20-7-2-1-6-18(19)20/h1-8,12-13,23H,9-11,14H2. The van der Waals surface area contributed by atoms with E-state index in [4.69, 9.17) is 4.74 Å². The van der Waals surface area contributed by atoms with Gasteiger partial charge in [-0.1, -0.05) is 30.3 Å². The summed E-state index contributed by atoms with van der Waals surface area (Å²) < 4.78 is 18.6. The molecule has 2 heterocycles. The zero-order valence-electron chi connectivity index (χ0n) is 14.2. The third kappa shape index (κ3) is 3.33. The van der Waals surface area contributed by atoms with Gasteiger partial charge >= 0.3 is 0 Å². The number of nitrogens with one attached hydrogen (secondary N) is 1. The number of para-hydroxylation sites is 1. The Morgan fingerprint density at radius 2 is 2.08 bits per heavy atom. The monoisotopic (exact) mass is 350 g/mol. The van der Waals surface area contributed by atoms with Crippen LogP contribution >= 0.6 is 0 Å². The first kappa shape index (κ1) is 16.4. The Kier molecular flexibility index (Phi) is 4.44. The number of aromatic nitrogens is 1. The fourth-order valence-electron chi connectivity index (χ4n) is 3.27. The second-order valence-corrected chi connectivity index (χ2v) is 6.31. The third-order valence-electron chi connectivity index (χ3n) is 4.66. The summed E-state index contributed by atoms with van der Waals surface area (Å²) in [6, 6.07) is 14.0. The van der Waals surface area contributed by atoms with E-state index in [9.17, 15) is 9.18 Å². The largest absolute Gasteiger partial charge is 0.484 e. The highest BCUT2D eigenvalue weighted by molar-refractivity contribution is 5.93. The van der Waals surface area contributed by atoms with E-state index in [1.807, 2.05) is 18.3 Å². The van der Waals surface area contributed by atoms with Gasteiger partial charge < -0.3 is 14.6 Å². The van der Waals surface area contributed by atoms with Crippen molar-refractivity contribution in [2.45, 2.75) is 6.42 Å². The average Bonchev–Trinajstić information content (AvgIpc) is 3.10. The smallest absolute Gasteiger partial charge is 0.260 e. The van der Waals surface area contributed by atoms with Gasteiger partial charge in [-0.3, -0.25) is 4.79 Å². The molecule has 1 N–H and O–H groups in total. The van der Waals surface area contributed by atoms with Crippen LogP contribution < -0.4 is 4.74 Å². The Bertz CT molecular complexity index is 977. The van der Waals surface area contributed by atoms with Crippen molar-refractivity contribution >= 4 is 22.4 Å². The lowest BCUT2D eigenvalue weighted by molar-refractivity contribution is -0.132. The van der Waals surface area contributed by atoms with Gasteiger partial charge in [-0.15, -0.1) is 0 Å². The van der Waals surface area contributed by atoms with Gasteiger partial charge in [0.2, 0.25) is 0 Å². The van der Waals surface area contributed by atoms with Gasteiger partial charge in [-0.25, -0.2) is 4.39 Å². The van der Waals surface area contributed by atoms with Crippen LogP contribution in [0.25, 0.3) is 16.5 Å². The van der Waals surface area contributed by atoms with E-state index in [1.54, 1.807) is 17.0 Å². The van der Waals surface area contributed by atoms with Crippen LogP contribution in [0, 0.1) is 5.82 Å². The van der Waals surface area contributed by atoms with Crippen molar-refractivity contribution in [1.82, 2.24) is 9.88 Å². The fraction of sp³-hybridized carbons (Fsp3) is 0.190.